The van der Waals surface area contributed by atoms with Crippen LogP contribution in [0.1, 0.15) is 25.0 Å². The van der Waals surface area contributed by atoms with E-state index < -0.39 is 0 Å². The average molecular weight is 323 g/mol. The van der Waals surface area contributed by atoms with Crippen LogP contribution in [0.2, 0.25) is 0 Å². The number of anilines is 1. The molecule has 3 aromatic rings. The van der Waals surface area contributed by atoms with Gasteiger partial charge in [0.2, 0.25) is 0 Å². The van der Waals surface area contributed by atoms with Crippen LogP contribution in [0.4, 0.5) is 10.4 Å². The molecule has 1 aliphatic carbocycles. The van der Waals surface area contributed by atoms with Crippen molar-refractivity contribution in [1.29, 1.82) is 0 Å². The Balaban J connectivity index is 1.50. The van der Waals surface area contributed by atoms with Crippen LogP contribution < -0.4 is 5.32 Å². The molecule has 0 unspecified atom stereocenters. The first-order chi connectivity index (χ1) is 11.8. The summed E-state index contributed by atoms with van der Waals surface area (Å²) >= 11 is 0. The number of oxazole rings is 1. The van der Waals surface area contributed by atoms with Crippen molar-refractivity contribution in [2.24, 2.45) is 0 Å². The summed E-state index contributed by atoms with van der Waals surface area (Å²) < 4.78 is 19.6. The maximum atomic E-state index is 14.1. The number of hydrogen-bond acceptors (Lipinski definition) is 4. The van der Waals surface area contributed by atoms with Crippen molar-refractivity contribution in [2.75, 3.05) is 11.9 Å². The highest BCUT2D eigenvalue weighted by atomic mass is 19.1. The third-order valence-electron chi connectivity index (χ3n) is 4.72. The Kier molecular flexibility index (Phi) is 3.76. The number of benzene rings is 1. The van der Waals surface area contributed by atoms with Gasteiger partial charge in [0.25, 0.3) is 6.01 Å². The molecule has 2 heterocycles. The zero-order valence-corrected chi connectivity index (χ0v) is 13.2. The first-order valence-electron chi connectivity index (χ1n) is 8.13. The van der Waals surface area contributed by atoms with Crippen LogP contribution in [0, 0.1) is 5.82 Å². The van der Waals surface area contributed by atoms with Crippen LogP contribution in [-0.4, -0.2) is 16.5 Å². The lowest BCUT2D eigenvalue weighted by molar-refractivity contribution is 0.242. The van der Waals surface area contributed by atoms with Gasteiger partial charge in [0.15, 0.2) is 0 Å². The summed E-state index contributed by atoms with van der Waals surface area (Å²) in [5.41, 5.74) is 2.05. The molecule has 1 fully saturated rings. The Hall–Kier alpha value is -2.69. The molecule has 1 aromatic carbocycles. The van der Waals surface area contributed by atoms with E-state index in [2.05, 4.69) is 15.3 Å². The van der Waals surface area contributed by atoms with Crippen molar-refractivity contribution < 1.29 is 8.81 Å². The number of nitrogens with zero attached hydrogens (tertiary/aromatic N) is 2. The standard InChI is InChI=1S/C19H18FN3O/c20-15-8-4-11-21-17(15)19(9-5-10-19)13-22-18-23-16(12-24-18)14-6-2-1-3-7-14/h1-4,6-8,11-12H,5,9-10,13H2,(H,22,23). The lowest BCUT2D eigenvalue weighted by atomic mass is 9.66. The molecular weight excluding hydrogens is 305 g/mol. The summed E-state index contributed by atoms with van der Waals surface area (Å²) in [6, 6.07) is 13.4. The summed E-state index contributed by atoms with van der Waals surface area (Å²) in [6.45, 7) is 0.565. The molecule has 24 heavy (non-hydrogen) atoms. The predicted molar refractivity (Wildman–Crippen MR) is 90.2 cm³/mol. The molecule has 0 spiro atoms. The summed E-state index contributed by atoms with van der Waals surface area (Å²) in [4.78, 5) is 8.74. The predicted octanol–water partition coefficient (Wildman–Crippen LogP) is 4.41. The highest BCUT2D eigenvalue weighted by Crippen LogP contribution is 2.43. The van der Waals surface area contributed by atoms with E-state index in [1.807, 2.05) is 30.3 Å². The van der Waals surface area contributed by atoms with Crippen LogP contribution in [0.3, 0.4) is 0 Å². The third-order valence-corrected chi connectivity index (χ3v) is 4.72. The molecule has 2 aromatic heterocycles. The number of hydrogen-bond donors (Lipinski definition) is 1. The molecule has 0 aliphatic heterocycles. The van der Waals surface area contributed by atoms with Crippen LogP contribution >= 0.6 is 0 Å². The zero-order valence-electron chi connectivity index (χ0n) is 13.2. The molecule has 1 aliphatic rings. The third kappa shape index (κ3) is 2.66. The van der Waals surface area contributed by atoms with Crippen molar-refractivity contribution >= 4 is 6.01 Å². The number of halogens is 1. The molecule has 1 N–H and O–H groups in total. The first-order valence-corrected chi connectivity index (χ1v) is 8.13. The Bertz CT molecular complexity index is 827. The highest BCUT2D eigenvalue weighted by molar-refractivity contribution is 5.59. The number of aromatic nitrogens is 2. The summed E-state index contributed by atoms with van der Waals surface area (Å²) in [7, 11) is 0. The van der Waals surface area contributed by atoms with Crippen molar-refractivity contribution in [3.05, 3.63) is 66.4 Å². The van der Waals surface area contributed by atoms with Crippen LogP contribution in [0.15, 0.2) is 59.3 Å². The largest absolute Gasteiger partial charge is 0.432 e. The average Bonchev–Trinajstić information content (AvgIpc) is 3.05. The molecule has 0 radical (unpaired) electrons. The van der Waals surface area contributed by atoms with E-state index in [-0.39, 0.29) is 11.2 Å². The van der Waals surface area contributed by atoms with Crippen LogP contribution in [-0.2, 0) is 5.41 Å². The van der Waals surface area contributed by atoms with E-state index in [0.29, 0.717) is 18.3 Å². The zero-order chi connectivity index (χ0) is 16.4. The molecule has 0 bridgehead atoms. The van der Waals surface area contributed by atoms with E-state index in [9.17, 15) is 4.39 Å². The van der Waals surface area contributed by atoms with Gasteiger partial charge in [-0.05, 0) is 25.0 Å². The maximum absolute atomic E-state index is 14.1. The normalized spacial score (nSPS) is 15.7. The van der Waals surface area contributed by atoms with Crippen molar-refractivity contribution in [3.8, 4) is 11.3 Å². The Morgan fingerprint density at radius 1 is 1.12 bits per heavy atom. The van der Waals surface area contributed by atoms with Gasteiger partial charge in [-0.1, -0.05) is 36.8 Å². The Morgan fingerprint density at radius 2 is 1.96 bits per heavy atom. The summed E-state index contributed by atoms with van der Waals surface area (Å²) in [5.74, 6) is -0.239. The molecule has 5 heteroatoms. The van der Waals surface area contributed by atoms with Crippen molar-refractivity contribution in [3.63, 3.8) is 0 Å². The lowest BCUT2D eigenvalue weighted by Gasteiger charge is -2.41. The van der Waals surface area contributed by atoms with E-state index in [1.54, 1.807) is 18.5 Å². The van der Waals surface area contributed by atoms with Gasteiger partial charge in [-0.15, -0.1) is 0 Å². The van der Waals surface area contributed by atoms with E-state index in [0.717, 1.165) is 30.5 Å². The molecule has 4 rings (SSSR count). The SMILES string of the molecule is Fc1cccnc1C1(CNc2nc(-c3ccccc3)co2)CCC1. The molecule has 0 saturated heterocycles. The Morgan fingerprint density at radius 3 is 2.67 bits per heavy atom. The van der Waals surface area contributed by atoms with E-state index in [4.69, 9.17) is 4.42 Å². The smallest absolute Gasteiger partial charge is 0.295 e. The molecular formula is C19H18FN3O. The fourth-order valence-corrected chi connectivity index (χ4v) is 3.22. The second-order valence-electron chi connectivity index (χ2n) is 6.23. The summed E-state index contributed by atoms with van der Waals surface area (Å²) in [5, 5.41) is 3.22. The molecule has 0 atom stereocenters. The first kappa shape index (κ1) is 14.9. The van der Waals surface area contributed by atoms with Crippen LogP contribution in [0.5, 0.6) is 0 Å². The molecule has 1 saturated carbocycles. The van der Waals surface area contributed by atoms with Gasteiger partial charge >= 0.3 is 0 Å². The topological polar surface area (TPSA) is 51.0 Å². The second-order valence-corrected chi connectivity index (χ2v) is 6.23. The van der Waals surface area contributed by atoms with Gasteiger partial charge in [-0.3, -0.25) is 4.98 Å². The lowest BCUT2D eigenvalue weighted by Crippen LogP contribution is -2.42. The molecule has 0 amide bonds. The van der Waals surface area contributed by atoms with Gasteiger partial charge < -0.3 is 9.73 Å². The fraction of sp³-hybridized carbons (Fsp3) is 0.263. The number of rotatable bonds is 5. The van der Waals surface area contributed by atoms with Crippen molar-refractivity contribution in [2.45, 2.75) is 24.7 Å². The Labute approximate surface area is 139 Å². The highest BCUT2D eigenvalue weighted by Gasteiger charge is 2.42. The fourth-order valence-electron chi connectivity index (χ4n) is 3.22. The van der Waals surface area contributed by atoms with Gasteiger partial charge in [-0.2, -0.15) is 4.98 Å². The minimum atomic E-state index is -0.271. The molecule has 4 nitrogen and oxygen atoms in total. The van der Waals surface area contributed by atoms with Gasteiger partial charge in [-0.25, -0.2) is 4.39 Å². The minimum absolute atomic E-state index is 0.239. The quantitative estimate of drug-likeness (QED) is 0.755. The second kappa shape index (κ2) is 6.07. The maximum Gasteiger partial charge on any atom is 0.295 e. The summed E-state index contributed by atoms with van der Waals surface area (Å²) in [6.07, 6.45) is 6.20. The van der Waals surface area contributed by atoms with Gasteiger partial charge in [0.05, 0.1) is 5.69 Å². The van der Waals surface area contributed by atoms with Gasteiger partial charge in [0, 0.05) is 23.7 Å². The van der Waals surface area contributed by atoms with E-state index in [1.165, 1.54) is 6.07 Å². The monoisotopic (exact) mass is 323 g/mol. The van der Waals surface area contributed by atoms with Gasteiger partial charge in [0.1, 0.15) is 17.8 Å². The number of nitrogens with one attached hydrogen (secondary N) is 1. The van der Waals surface area contributed by atoms with Crippen molar-refractivity contribution in [1.82, 2.24) is 9.97 Å². The minimum Gasteiger partial charge on any atom is -0.432 e. The van der Waals surface area contributed by atoms with Crippen LogP contribution in [0.25, 0.3) is 11.3 Å². The van der Waals surface area contributed by atoms with E-state index >= 15 is 0 Å². The molecule has 122 valence electrons. The number of pyridine rings is 1.